The smallest absolute Gasteiger partial charge is 0.748 e. The van der Waals surface area contributed by atoms with Gasteiger partial charge in [-0.15, -0.1) is 0 Å². The molecule has 4 nitrogen and oxygen atoms in total. The fraction of sp³-hybridized carbons (Fsp3) is 0.273. The van der Waals surface area contributed by atoms with Crippen LogP contribution in [-0.2, 0) is 10.1 Å². The van der Waals surface area contributed by atoms with Crippen LogP contribution in [0.1, 0.15) is 12.0 Å². The Bertz CT molecular complexity index is 439. The molecule has 0 aliphatic carbocycles. The average molecular weight is 280 g/mol. The van der Waals surface area contributed by atoms with Crippen LogP contribution in [0.2, 0.25) is 0 Å². The van der Waals surface area contributed by atoms with Crippen LogP contribution in [0.3, 0.4) is 0 Å². The predicted molar refractivity (Wildman–Crippen MR) is 61.2 cm³/mol. The van der Waals surface area contributed by atoms with Gasteiger partial charge in [-0.2, -0.15) is 0 Å². The number of ether oxygens (including phenoxy) is 1. The van der Waals surface area contributed by atoms with Crippen LogP contribution in [0.25, 0.3) is 6.08 Å². The maximum Gasteiger partial charge on any atom is 1.00 e. The van der Waals surface area contributed by atoms with Gasteiger partial charge in [-0.3, -0.25) is 0 Å². The van der Waals surface area contributed by atoms with E-state index in [-0.39, 0.29) is 64.4 Å². The van der Waals surface area contributed by atoms with Gasteiger partial charge in [0.15, 0.2) is 0 Å². The van der Waals surface area contributed by atoms with Crippen molar-refractivity contribution in [1.29, 1.82) is 0 Å². The molecule has 0 atom stereocenters. The Morgan fingerprint density at radius 2 is 1.88 bits per heavy atom. The first-order valence-corrected chi connectivity index (χ1v) is 6.38. The summed E-state index contributed by atoms with van der Waals surface area (Å²) in [5, 5.41) is 0. The van der Waals surface area contributed by atoms with Crippen molar-refractivity contribution in [2.45, 2.75) is 6.42 Å². The monoisotopic (exact) mass is 280 g/mol. The van der Waals surface area contributed by atoms with Gasteiger partial charge in [-0.1, -0.05) is 24.8 Å². The third-order valence-electron chi connectivity index (χ3n) is 1.92. The minimum atomic E-state index is -4.13. The molecule has 0 aliphatic heterocycles. The molecule has 0 fully saturated rings. The summed E-state index contributed by atoms with van der Waals surface area (Å²) in [6, 6.07) is 7.21. The van der Waals surface area contributed by atoms with Crippen LogP contribution in [0.4, 0.5) is 0 Å². The summed E-state index contributed by atoms with van der Waals surface area (Å²) < 4.78 is 36.2. The van der Waals surface area contributed by atoms with Crippen LogP contribution in [0, 0.1) is 0 Å². The van der Waals surface area contributed by atoms with Crippen molar-refractivity contribution in [3.63, 3.8) is 0 Å². The molecule has 0 radical (unpaired) electrons. The fourth-order valence-electron chi connectivity index (χ4n) is 1.13. The summed E-state index contributed by atoms with van der Waals surface area (Å²) in [6.07, 6.45) is 1.92. The SMILES string of the molecule is C=Cc1ccc(OCCCS(=O)(=O)[O-])cc1.[K+]. The molecule has 6 heteroatoms. The molecule has 1 aromatic carbocycles. The predicted octanol–water partition coefficient (Wildman–Crippen LogP) is -1.35. The standard InChI is InChI=1S/C11H14O4S.K/c1-2-10-4-6-11(7-5-10)15-8-3-9-16(12,13)14;/h2,4-7H,1,3,8-9H2,(H,12,13,14);/q;+1/p-1. The molecule has 1 rings (SSSR count). The summed E-state index contributed by atoms with van der Waals surface area (Å²) in [6.45, 7) is 3.84. The molecule has 0 heterocycles. The van der Waals surface area contributed by atoms with E-state index in [0.717, 1.165) is 5.56 Å². The maximum absolute atomic E-state index is 10.3. The Morgan fingerprint density at radius 1 is 1.29 bits per heavy atom. The normalized spacial score (nSPS) is 10.4. The Morgan fingerprint density at radius 3 is 2.35 bits per heavy atom. The average Bonchev–Trinajstić information content (AvgIpc) is 2.24. The van der Waals surface area contributed by atoms with Gasteiger partial charge in [0.1, 0.15) is 5.75 Å². The molecule has 0 saturated carbocycles. The van der Waals surface area contributed by atoms with Gasteiger partial charge < -0.3 is 9.29 Å². The van der Waals surface area contributed by atoms with E-state index in [0.29, 0.717) is 5.75 Å². The van der Waals surface area contributed by atoms with Crippen molar-refractivity contribution in [3.05, 3.63) is 36.4 Å². The summed E-state index contributed by atoms with van der Waals surface area (Å²) >= 11 is 0. The van der Waals surface area contributed by atoms with Crippen LogP contribution >= 0.6 is 0 Å². The molecule has 1 aromatic rings. The zero-order valence-corrected chi connectivity index (χ0v) is 13.7. The Balaban J connectivity index is 0.00000256. The Hall–Kier alpha value is 0.306. The van der Waals surface area contributed by atoms with E-state index in [1.807, 2.05) is 12.1 Å². The molecule has 0 aliphatic rings. The van der Waals surface area contributed by atoms with Crippen LogP contribution in [-0.4, -0.2) is 25.3 Å². The number of hydrogen-bond donors (Lipinski definition) is 0. The van der Waals surface area contributed by atoms with Crippen molar-refractivity contribution in [3.8, 4) is 5.75 Å². The van der Waals surface area contributed by atoms with Gasteiger partial charge in [0.05, 0.1) is 16.7 Å². The van der Waals surface area contributed by atoms with Crippen LogP contribution in [0.5, 0.6) is 5.75 Å². The van der Waals surface area contributed by atoms with Crippen molar-refractivity contribution in [2.24, 2.45) is 0 Å². The maximum atomic E-state index is 10.3. The van der Waals surface area contributed by atoms with Gasteiger partial charge >= 0.3 is 51.4 Å². The third kappa shape index (κ3) is 8.09. The zero-order valence-electron chi connectivity index (χ0n) is 9.76. The van der Waals surface area contributed by atoms with E-state index in [9.17, 15) is 13.0 Å². The van der Waals surface area contributed by atoms with E-state index in [1.54, 1.807) is 18.2 Å². The second kappa shape index (κ2) is 8.42. The Kier molecular flexibility index (Phi) is 8.57. The van der Waals surface area contributed by atoms with E-state index < -0.39 is 15.9 Å². The molecular formula is C11H13KO4S. The minimum absolute atomic E-state index is 0. The Labute approximate surface area is 144 Å². The van der Waals surface area contributed by atoms with Crippen molar-refractivity contribution in [1.82, 2.24) is 0 Å². The molecule has 88 valence electrons. The number of benzene rings is 1. The van der Waals surface area contributed by atoms with Crippen LogP contribution < -0.4 is 56.1 Å². The van der Waals surface area contributed by atoms with Crippen molar-refractivity contribution >= 4 is 16.2 Å². The molecular weight excluding hydrogens is 267 g/mol. The van der Waals surface area contributed by atoms with Gasteiger partial charge in [0.2, 0.25) is 0 Å². The molecule has 0 unspecified atom stereocenters. The van der Waals surface area contributed by atoms with E-state index in [2.05, 4.69) is 6.58 Å². The number of rotatable bonds is 6. The molecule has 17 heavy (non-hydrogen) atoms. The molecule has 0 aromatic heterocycles. The van der Waals surface area contributed by atoms with E-state index >= 15 is 0 Å². The second-order valence-electron chi connectivity index (χ2n) is 3.24. The fourth-order valence-corrected chi connectivity index (χ4v) is 1.60. The van der Waals surface area contributed by atoms with Gasteiger partial charge in [-0.25, -0.2) is 8.42 Å². The van der Waals surface area contributed by atoms with Gasteiger partial charge in [-0.05, 0) is 24.1 Å². The molecule has 0 bridgehead atoms. The first-order valence-electron chi connectivity index (χ1n) is 4.80. The quantitative estimate of drug-likeness (QED) is 0.367. The summed E-state index contributed by atoms with van der Waals surface area (Å²) in [5.41, 5.74) is 0.981. The molecule has 0 spiro atoms. The van der Waals surface area contributed by atoms with E-state index in [4.69, 9.17) is 4.74 Å². The zero-order chi connectivity index (χ0) is 12.0. The minimum Gasteiger partial charge on any atom is -0.748 e. The first kappa shape index (κ1) is 17.3. The second-order valence-corrected chi connectivity index (χ2v) is 4.76. The van der Waals surface area contributed by atoms with Crippen molar-refractivity contribution in [2.75, 3.05) is 12.4 Å². The van der Waals surface area contributed by atoms with Gasteiger partial charge in [0.25, 0.3) is 0 Å². The summed E-state index contributed by atoms with van der Waals surface area (Å²) in [5.74, 6) is 0.256. The van der Waals surface area contributed by atoms with Crippen LogP contribution in [0.15, 0.2) is 30.8 Å². The molecule has 0 saturated heterocycles. The first-order chi connectivity index (χ1) is 7.51. The summed E-state index contributed by atoms with van der Waals surface area (Å²) in [4.78, 5) is 0. The van der Waals surface area contributed by atoms with Gasteiger partial charge in [0, 0.05) is 5.75 Å². The number of hydrogen-bond acceptors (Lipinski definition) is 4. The largest absolute Gasteiger partial charge is 1.00 e. The van der Waals surface area contributed by atoms with Crippen molar-refractivity contribution < 1.29 is 69.1 Å². The van der Waals surface area contributed by atoms with E-state index in [1.165, 1.54) is 0 Å². The molecule has 0 amide bonds. The third-order valence-corrected chi connectivity index (χ3v) is 2.71. The molecule has 0 N–H and O–H groups in total. The topological polar surface area (TPSA) is 66.4 Å². The summed E-state index contributed by atoms with van der Waals surface area (Å²) in [7, 11) is -4.13.